The summed E-state index contributed by atoms with van der Waals surface area (Å²) in [7, 11) is 0. The van der Waals surface area contributed by atoms with Crippen molar-refractivity contribution in [2.24, 2.45) is 0 Å². The van der Waals surface area contributed by atoms with E-state index in [4.69, 9.17) is 10.2 Å². The van der Waals surface area contributed by atoms with Crippen LogP contribution in [0.15, 0.2) is 0 Å². The van der Waals surface area contributed by atoms with Crippen LogP contribution in [0.5, 0.6) is 0 Å². The number of hydrogen-bond acceptors (Lipinski definition) is 3. The van der Waals surface area contributed by atoms with Gasteiger partial charge in [-0.05, 0) is 6.42 Å². The number of aliphatic hydroxyl groups excluding tert-OH is 2. The molecule has 0 unspecified atom stereocenters. The largest absolute Gasteiger partial charge is 0.406 e. The van der Waals surface area contributed by atoms with Crippen LogP contribution >= 0.6 is 0 Å². The van der Waals surface area contributed by atoms with Crippen molar-refractivity contribution in [3.63, 3.8) is 0 Å². The third-order valence-corrected chi connectivity index (χ3v) is 1.64. The predicted octanol–water partition coefficient (Wildman–Crippen LogP) is 0.142. The van der Waals surface area contributed by atoms with Crippen LogP contribution in [0, 0.1) is 0 Å². The zero-order valence-corrected chi connectivity index (χ0v) is 8.13. The number of rotatable bonds is 6. The monoisotopic (exact) mass is 229 g/mol. The molecule has 0 heterocycles. The molecule has 0 rings (SSSR count). The molecule has 1 amide bonds. The number of carbonyl (C=O) groups is 1. The maximum atomic E-state index is 12.0. The molecular weight excluding hydrogens is 215 g/mol. The Bertz CT molecular complexity index is 196. The summed E-state index contributed by atoms with van der Waals surface area (Å²) in [4.78, 5) is 11.7. The maximum absolute atomic E-state index is 12.0. The van der Waals surface area contributed by atoms with E-state index in [1.54, 1.807) is 0 Å². The average molecular weight is 229 g/mol. The van der Waals surface area contributed by atoms with Gasteiger partial charge in [0.05, 0.1) is 6.61 Å². The van der Waals surface area contributed by atoms with Crippen LogP contribution in [0.25, 0.3) is 0 Å². The van der Waals surface area contributed by atoms with Crippen LogP contribution in [-0.2, 0) is 4.79 Å². The summed E-state index contributed by atoms with van der Waals surface area (Å²) in [5.74, 6) is -0.713. The lowest BCUT2D eigenvalue weighted by Crippen LogP contribution is -2.40. The fourth-order valence-electron chi connectivity index (χ4n) is 1.02. The normalized spacial score (nSPS) is 11.5. The Morgan fingerprint density at radius 3 is 2.20 bits per heavy atom. The van der Waals surface area contributed by atoms with Crippen LogP contribution in [-0.4, -0.2) is 53.5 Å². The van der Waals surface area contributed by atoms with Crippen LogP contribution in [0.1, 0.15) is 12.8 Å². The number of aliphatic hydroxyl groups is 2. The lowest BCUT2D eigenvalue weighted by atomic mass is 10.3. The van der Waals surface area contributed by atoms with Crippen molar-refractivity contribution in [1.29, 1.82) is 0 Å². The van der Waals surface area contributed by atoms with E-state index >= 15 is 0 Å². The van der Waals surface area contributed by atoms with Crippen molar-refractivity contribution in [2.75, 3.05) is 26.3 Å². The number of halogens is 3. The van der Waals surface area contributed by atoms with Gasteiger partial charge < -0.3 is 15.1 Å². The summed E-state index contributed by atoms with van der Waals surface area (Å²) in [6.07, 6.45) is -4.49. The van der Waals surface area contributed by atoms with Crippen molar-refractivity contribution in [3.8, 4) is 0 Å². The highest BCUT2D eigenvalue weighted by Gasteiger charge is 2.32. The molecule has 0 aromatic heterocycles. The first-order chi connectivity index (χ1) is 6.90. The lowest BCUT2D eigenvalue weighted by Gasteiger charge is -2.22. The van der Waals surface area contributed by atoms with Gasteiger partial charge in [0.15, 0.2) is 0 Å². The third-order valence-electron chi connectivity index (χ3n) is 1.64. The van der Waals surface area contributed by atoms with E-state index in [0.717, 1.165) is 0 Å². The van der Waals surface area contributed by atoms with E-state index < -0.39 is 25.2 Å². The second kappa shape index (κ2) is 6.62. The van der Waals surface area contributed by atoms with Gasteiger partial charge >= 0.3 is 6.18 Å². The van der Waals surface area contributed by atoms with Crippen molar-refractivity contribution < 1.29 is 28.2 Å². The fraction of sp³-hybridized carbons (Fsp3) is 0.875. The van der Waals surface area contributed by atoms with E-state index in [9.17, 15) is 18.0 Å². The number of alkyl halides is 3. The minimum absolute atomic E-state index is 0.124. The van der Waals surface area contributed by atoms with Crippen molar-refractivity contribution in [2.45, 2.75) is 19.0 Å². The van der Waals surface area contributed by atoms with E-state index in [0.29, 0.717) is 4.90 Å². The number of nitrogens with zero attached hydrogens (tertiary/aromatic N) is 1. The Morgan fingerprint density at radius 2 is 1.80 bits per heavy atom. The summed E-state index contributed by atoms with van der Waals surface area (Å²) >= 11 is 0. The molecule has 0 spiro atoms. The van der Waals surface area contributed by atoms with Crippen molar-refractivity contribution in [3.05, 3.63) is 0 Å². The molecule has 0 aliphatic heterocycles. The van der Waals surface area contributed by atoms with Gasteiger partial charge in [0, 0.05) is 19.6 Å². The van der Waals surface area contributed by atoms with Gasteiger partial charge in [-0.15, -0.1) is 0 Å². The molecule has 0 aliphatic rings. The van der Waals surface area contributed by atoms with Crippen LogP contribution in [0.2, 0.25) is 0 Å². The Kier molecular flexibility index (Phi) is 6.26. The molecule has 0 fully saturated rings. The Balaban J connectivity index is 4.18. The Labute approximate surface area is 85.3 Å². The minimum Gasteiger partial charge on any atom is -0.396 e. The highest BCUT2D eigenvalue weighted by molar-refractivity contribution is 5.76. The van der Waals surface area contributed by atoms with Crippen LogP contribution < -0.4 is 0 Å². The molecule has 90 valence electrons. The minimum atomic E-state index is -4.47. The first kappa shape index (κ1) is 14.2. The SMILES string of the molecule is O=C(CCCO)N(CCO)CC(F)(F)F. The summed E-state index contributed by atoms with van der Waals surface area (Å²) in [6, 6.07) is 0. The van der Waals surface area contributed by atoms with Gasteiger partial charge in [0.2, 0.25) is 5.91 Å². The molecular formula is C8H14F3NO3. The van der Waals surface area contributed by atoms with E-state index in [-0.39, 0.29) is 26.0 Å². The molecule has 2 N–H and O–H groups in total. The molecule has 0 bridgehead atoms. The van der Waals surface area contributed by atoms with Gasteiger partial charge in [-0.25, -0.2) is 0 Å². The molecule has 0 saturated carbocycles. The zero-order chi connectivity index (χ0) is 11.9. The topological polar surface area (TPSA) is 60.8 Å². The molecule has 0 saturated heterocycles. The van der Waals surface area contributed by atoms with Crippen molar-refractivity contribution >= 4 is 5.91 Å². The average Bonchev–Trinajstić information content (AvgIpc) is 2.11. The smallest absolute Gasteiger partial charge is 0.396 e. The van der Waals surface area contributed by atoms with Gasteiger partial charge in [0.1, 0.15) is 6.54 Å². The van der Waals surface area contributed by atoms with E-state index in [1.165, 1.54) is 0 Å². The second-order valence-corrected chi connectivity index (χ2v) is 2.98. The standard InChI is InChI=1S/C8H14F3NO3/c9-8(10,11)6-12(3-5-14)7(15)2-1-4-13/h13-14H,1-6H2. The molecule has 0 radical (unpaired) electrons. The third kappa shape index (κ3) is 7.15. The predicted molar refractivity (Wildman–Crippen MR) is 46.0 cm³/mol. The van der Waals surface area contributed by atoms with Gasteiger partial charge in [0.25, 0.3) is 0 Å². The van der Waals surface area contributed by atoms with Crippen molar-refractivity contribution in [1.82, 2.24) is 4.90 Å². The molecule has 0 aromatic rings. The Morgan fingerprint density at radius 1 is 1.20 bits per heavy atom. The number of carbonyl (C=O) groups excluding carboxylic acids is 1. The summed E-state index contributed by atoms with van der Waals surface area (Å²) in [5.41, 5.74) is 0. The highest BCUT2D eigenvalue weighted by Crippen LogP contribution is 2.16. The fourth-order valence-corrected chi connectivity index (χ4v) is 1.02. The molecule has 0 atom stereocenters. The molecule has 15 heavy (non-hydrogen) atoms. The van der Waals surface area contributed by atoms with Gasteiger partial charge in [-0.1, -0.05) is 0 Å². The lowest BCUT2D eigenvalue weighted by molar-refractivity contribution is -0.162. The quantitative estimate of drug-likeness (QED) is 0.681. The second-order valence-electron chi connectivity index (χ2n) is 2.98. The summed E-state index contributed by atoms with van der Waals surface area (Å²) < 4.78 is 36.0. The van der Waals surface area contributed by atoms with E-state index in [2.05, 4.69) is 0 Å². The molecule has 7 heteroatoms. The number of amides is 1. The first-order valence-corrected chi connectivity index (χ1v) is 4.47. The van der Waals surface area contributed by atoms with E-state index in [1.807, 2.05) is 0 Å². The van der Waals surface area contributed by atoms with Crippen LogP contribution in [0.3, 0.4) is 0 Å². The maximum Gasteiger partial charge on any atom is 0.406 e. The van der Waals surface area contributed by atoms with Gasteiger partial charge in [-0.3, -0.25) is 4.79 Å². The molecule has 4 nitrogen and oxygen atoms in total. The summed E-state index contributed by atoms with van der Waals surface area (Å²) in [5, 5.41) is 16.9. The molecule has 0 aromatic carbocycles. The summed E-state index contributed by atoms with van der Waals surface area (Å²) in [6.45, 7) is -2.47. The Hall–Kier alpha value is -0.820. The van der Waals surface area contributed by atoms with Crippen LogP contribution in [0.4, 0.5) is 13.2 Å². The first-order valence-electron chi connectivity index (χ1n) is 4.47. The number of hydrogen-bond donors (Lipinski definition) is 2. The zero-order valence-electron chi connectivity index (χ0n) is 8.13. The van der Waals surface area contributed by atoms with Gasteiger partial charge in [-0.2, -0.15) is 13.2 Å². The molecule has 0 aliphatic carbocycles. The highest BCUT2D eigenvalue weighted by atomic mass is 19.4.